The summed E-state index contributed by atoms with van der Waals surface area (Å²) in [6.07, 6.45) is 2.35. The molecule has 1 N–H and O–H groups in total. The van der Waals surface area contributed by atoms with Crippen molar-refractivity contribution in [1.82, 2.24) is 5.32 Å². The normalized spacial score (nSPS) is 11.4. The van der Waals surface area contributed by atoms with Gasteiger partial charge in [0, 0.05) is 29.9 Å². The largest absolute Gasteiger partial charge is 0.467 e. The topological polar surface area (TPSA) is 63.0 Å². The number of esters is 1. The first-order valence-electron chi connectivity index (χ1n) is 14.0. The molecule has 0 aliphatic heterocycles. The molecule has 0 unspecified atom stereocenters. The highest BCUT2D eigenvalue weighted by Gasteiger charge is 2.24. The van der Waals surface area contributed by atoms with E-state index in [1.165, 1.54) is 13.2 Å². The number of nitrogens with one attached hydrogen (secondary N) is 1. The maximum absolute atomic E-state index is 14.7. The molecule has 4 aromatic carbocycles. The van der Waals surface area contributed by atoms with Crippen LogP contribution in [0.2, 0.25) is 0 Å². The van der Waals surface area contributed by atoms with Crippen molar-refractivity contribution in [2.24, 2.45) is 0 Å². The van der Waals surface area contributed by atoms with E-state index < -0.39 is 29.6 Å². The number of thioether (sulfide) groups is 1. The van der Waals surface area contributed by atoms with Gasteiger partial charge in [-0.15, -0.1) is 0 Å². The van der Waals surface area contributed by atoms with E-state index in [1.54, 1.807) is 42.1 Å². The number of anilines is 1. The second kappa shape index (κ2) is 15.2. The number of amides is 1. The number of carbonyl (C=O) groups is 2. The molecule has 1 atom stereocenters. The molecule has 4 aromatic rings. The van der Waals surface area contributed by atoms with Gasteiger partial charge < -0.3 is 15.0 Å². The average molecular weight is 614 g/mol. The fraction of sp³-hybridized carbons (Fsp3) is 0.229. The first-order valence-corrected chi connectivity index (χ1v) is 15.4. The Hall–Kier alpha value is -4.68. The summed E-state index contributed by atoms with van der Waals surface area (Å²) in [5, 5.41) is 2.85. The van der Waals surface area contributed by atoms with E-state index in [2.05, 4.69) is 10.2 Å². The number of ether oxygens (including phenoxy) is 1. The maximum atomic E-state index is 14.7. The molecule has 0 fully saturated rings. The minimum Gasteiger partial charge on any atom is -0.467 e. The lowest BCUT2D eigenvalue weighted by Gasteiger charge is -2.26. The molecule has 0 aromatic heterocycles. The minimum atomic E-state index is -0.792. The van der Waals surface area contributed by atoms with Crippen LogP contribution in [0.4, 0.5) is 20.2 Å². The molecule has 44 heavy (non-hydrogen) atoms. The SMILES string of the molecule is [C-]#[N+]c1ccc(N(Cc2ccc(C(=O)N[C@@H](CCSC)C(=O)OC)c(-c3ccccc3C)c2)Cc2cc(F)ccc2F)cc1. The zero-order valence-corrected chi connectivity index (χ0v) is 25.6. The van der Waals surface area contributed by atoms with Crippen molar-refractivity contribution in [2.45, 2.75) is 32.5 Å². The monoisotopic (exact) mass is 613 g/mol. The third-order valence-electron chi connectivity index (χ3n) is 7.25. The van der Waals surface area contributed by atoms with Crippen molar-refractivity contribution in [3.05, 3.63) is 130 Å². The van der Waals surface area contributed by atoms with Gasteiger partial charge in [0.25, 0.3) is 5.91 Å². The molecule has 1 amide bonds. The minimum absolute atomic E-state index is 0.0686. The molecule has 4 rings (SSSR count). The molecule has 0 saturated heterocycles. The summed E-state index contributed by atoms with van der Waals surface area (Å²) in [5.41, 5.74) is 5.06. The first-order chi connectivity index (χ1) is 21.2. The van der Waals surface area contributed by atoms with Gasteiger partial charge in [-0.05, 0) is 90.1 Å². The number of halogens is 2. The van der Waals surface area contributed by atoms with Crippen LogP contribution in [0.1, 0.15) is 33.5 Å². The van der Waals surface area contributed by atoms with Gasteiger partial charge in [0.15, 0.2) is 5.69 Å². The Labute approximate surface area is 260 Å². The molecule has 0 spiro atoms. The molecule has 0 aliphatic carbocycles. The van der Waals surface area contributed by atoms with Gasteiger partial charge in [0.05, 0.1) is 13.7 Å². The van der Waals surface area contributed by atoms with Crippen LogP contribution in [0.15, 0.2) is 84.9 Å². The van der Waals surface area contributed by atoms with Crippen LogP contribution in [0.5, 0.6) is 0 Å². The highest BCUT2D eigenvalue weighted by Crippen LogP contribution is 2.31. The lowest BCUT2D eigenvalue weighted by atomic mass is 9.93. The number of hydrogen-bond acceptors (Lipinski definition) is 5. The van der Waals surface area contributed by atoms with Crippen molar-refractivity contribution in [1.29, 1.82) is 0 Å². The van der Waals surface area contributed by atoms with Crippen LogP contribution < -0.4 is 10.2 Å². The smallest absolute Gasteiger partial charge is 0.328 e. The zero-order chi connectivity index (χ0) is 31.6. The number of rotatable bonds is 12. The summed E-state index contributed by atoms with van der Waals surface area (Å²) in [6, 6.07) is 22.6. The predicted molar refractivity (Wildman–Crippen MR) is 172 cm³/mol. The molecular formula is C35H33F2N3O3S. The summed E-state index contributed by atoms with van der Waals surface area (Å²) < 4.78 is 33.7. The van der Waals surface area contributed by atoms with Crippen molar-refractivity contribution in [3.8, 4) is 11.1 Å². The Balaban J connectivity index is 1.75. The number of hydrogen-bond donors (Lipinski definition) is 1. The van der Waals surface area contributed by atoms with Crippen LogP contribution >= 0.6 is 11.8 Å². The molecule has 0 aliphatic rings. The molecule has 0 saturated carbocycles. The van der Waals surface area contributed by atoms with Gasteiger partial charge >= 0.3 is 5.97 Å². The highest BCUT2D eigenvalue weighted by atomic mass is 32.2. The number of benzene rings is 4. The standard InChI is InChI=1S/C35H33F2N3O3S/c1-23-7-5-6-8-29(23)31-19-24(9-15-30(31)34(41)39-33(17-18-44-4)35(42)43-3)21-40(28-13-11-27(38-2)12-14-28)22-25-20-26(36)10-16-32(25)37/h5-16,19-20,33H,17-18,21-22H2,1,3-4H3,(H,39,41)/t33-/m0/s1. The number of carbonyl (C=O) groups excluding carboxylic acids is 2. The van der Waals surface area contributed by atoms with Crippen molar-refractivity contribution >= 4 is 35.0 Å². The van der Waals surface area contributed by atoms with E-state index in [0.29, 0.717) is 35.5 Å². The van der Waals surface area contributed by atoms with E-state index in [9.17, 15) is 18.4 Å². The van der Waals surface area contributed by atoms with Gasteiger partial charge in [0.2, 0.25) is 0 Å². The molecule has 0 radical (unpaired) electrons. The van der Waals surface area contributed by atoms with E-state index in [0.717, 1.165) is 34.5 Å². The molecule has 0 bridgehead atoms. The number of methoxy groups -OCH3 is 1. The Morgan fingerprint density at radius 3 is 2.41 bits per heavy atom. The molecule has 0 heterocycles. The quantitative estimate of drug-likeness (QED) is 0.131. The maximum Gasteiger partial charge on any atom is 0.328 e. The van der Waals surface area contributed by atoms with E-state index >= 15 is 0 Å². The van der Waals surface area contributed by atoms with Gasteiger partial charge in [-0.3, -0.25) is 4.79 Å². The van der Waals surface area contributed by atoms with Crippen molar-refractivity contribution < 1.29 is 23.1 Å². The van der Waals surface area contributed by atoms with E-state index in [1.807, 2.05) is 54.5 Å². The third-order valence-corrected chi connectivity index (χ3v) is 7.90. The Bertz CT molecular complexity index is 1670. The van der Waals surface area contributed by atoms with Gasteiger partial charge in [-0.1, -0.05) is 42.5 Å². The summed E-state index contributed by atoms with van der Waals surface area (Å²) in [5.74, 6) is -1.30. The fourth-order valence-corrected chi connectivity index (χ4v) is 5.39. The average Bonchev–Trinajstić information content (AvgIpc) is 3.04. The molecule has 6 nitrogen and oxygen atoms in total. The van der Waals surface area contributed by atoms with Crippen molar-refractivity contribution in [2.75, 3.05) is 24.0 Å². The van der Waals surface area contributed by atoms with E-state index in [-0.39, 0.29) is 12.1 Å². The zero-order valence-electron chi connectivity index (χ0n) is 24.8. The number of nitrogens with zero attached hydrogens (tertiary/aromatic N) is 2. The Morgan fingerprint density at radius 1 is 0.977 bits per heavy atom. The van der Waals surface area contributed by atoms with E-state index in [4.69, 9.17) is 11.3 Å². The number of aryl methyl sites for hydroxylation is 1. The summed E-state index contributed by atoms with van der Waals surface area (Å²) in [4.78, 5) is 31.4. The van der Waals surface area contributed by atoms with Crippen molar-refractivity contribution in [3.63, 3.8) is 0 Å². The molecule has 226 valence electrons. The van der Waals surface area contributed by atoms with Crippen LogP contribution in [-0.2, 0) is 22.6 Å². The lowest BCUT2D eigenvalue weighted by molar-refractivity contribution is -0.142. The van der Waals surface area contributed by atoms with Gasteiger partial charge in [-0.2, -0.15) is 11.8 Å². The Kier molecular flexibility index (Phi) is 11.1. The predicted octanol–water partition coefficient (Wildman–Crippen LogP) is 7.72. The second-order valence-electron chi connectivity index (χ2n) is 10.2. The van der Waals surface area contributed by atoms with Crippen LogP contribution in [-0.4, -0.2) is 37.0 Å². The van der Waals surface area contributed by atoms with Crippen LogP contribution in [0, 0.1) is 25.1 Å². The lowest BCUT2D eigenvalue weighted by Crippen LogP contribution is -2.42. The van der Waals surface area contributed by atoms with Crippen LogP contribution in [0.25, 0.3) is 16.0 Å². The summed E-state index contributed by atoms with van der Waals surface area (Å²) in [6.45, 7) is 9.60. The fourth-order valence-electron chi connectivity index (χ4n) is 4.92. The summed E-state index contributed by atoms with van der Waals surface area (Å²) >= 11 is 1.57. The highest BCUT2D eigenvalue weighted by molar-refractivity contribution is 7.98. The third kappa shape index (κ3) is 8.03. The van der Waals surface area contributed by atoms with Crippen LogP contribution in [0.3, 0.4) is 0 Å². The second-order valence-corrected chi connectivity index (χ2v) is 11.2. The molecule has 9 heteroatoms. The van der Waals surface area contributed by atoms with Gasteiger partial charge in [0.1, 0.15) is 17.7 Å². The Morgan fingerprint density at radius 2 is 1.73 bits per heavy atom. The molecular weight excluding hydrogens is 580 g/mol. The summed E-state index contributed by atoms with van der Waals surface area (Å²) in [7, 11) is 1.30. The first kappa shape index (κ1) is 32.2. The van der Waals surface area contributed by atoms with Gasteiger partial charge in [-0.25, -0.2) is 18.4 Å².